The Morgan fingerprint density at radius 3 is 2.28 bits per heavy atom. The summed E-state index contributed by atoms with van der Waals surface area (Å²) in [5.41, 5.74) is 0.257. The molecule has 2 aromatic rings. The molecule has 1 unspecified atom stereocenters. The van der Waals surface area contributed by atoms with Crippen LogP contribution in [0, 0.1) is 11.6 Å². The Balaban J connectivity index is 2.31. The quantitative estimate of drug-likeness (QED) is 0.905. The van der Waals surface area contributed by atoms with Gasteiger partial charge in [0.25, 0.3) is 0 Å². The molecule has 0 saturated heterocycles. The van der Waals surface area contributed by atoms with Gasteiger partial charge in [-0.3, -0.25) is 0 Å². The van der Waals surface area contributed by atoms with Crippen molar-refractivity contribution in [2.24, 2.45) is 0 Å². The van der Waals surface area contributed by atoms with Crippen LogP contribution in [-0.2, 0) is 0 Å². The second kappa shape index (κ2) is 5.05. The molecule has 1 aromatic heterocycles. The molecular weight excluding hydrogens is 242 g/mol. The van der Waals surface area contributed by atoms with Crippen LogP contribution in [0.25, 0.3) is 0 Å². The zero-order valence-electron chi connectivity index (χ0n) is 9.47. The molecule has 1 atom stereocenters. The predicted octanol–water partition coefficient (Wildman–Crippen LogP) is 1.85. The first kappa shape index (κ1) is 12.4. The van der Waals surface area contributed by atoms with E-state index in [1.807, 2.05) is 0 Å². The summed E-state index contributed by atoms with van der Waals surface area (Å²) in [6, 6.07) is 5.79. The van der Waals surface area contributed by atoms with Crippen LogP contribution >= 0.6 is 0 Å². The summed E-state index contributed by atoms with van der Waals surface area (Å²) >= 11 is 0. The van der Waals surface area contributed by atoms with Crippen LogP contribution in [0.1, 0.15) is 17.4 Å². The van der Waals surface area contributed by atoms with Gasteiger partial charge in [0, 0.05) is 12.1 Å². The van der Waals surface area contributed by atoms with Crippen molar-refractivity contribution in [2.75, 3.05) is 7.11 Å². The molecular formula is C12H10F2N2O2. The predicted molar refractivity (Wildman–Crippen MR) is 59.0 cm³/mol. The highest BCUT2D eigenvalue weighted by Crippen LogP contribution is 2.22. The Morgan fingerprint density at radius 2 is 1.78 bits per heavy atom. The Hall–Kier alpha value is -2.08. The number of aliphatic hydroxyl groups excluding tert-OH is 1. The van der Waals surface area contributed by atoms with Crippen molar-refractivity contribution in [1.29, 1.82) is 0 Å². The first-order valence-electron chi connectivity index (χ1n) is 5.12. The number of nitrogens with zero attached hydrogens (tertiary/aromatic N) is 2. The van der Waals surface area contributed by atoms with Gasteiger partial charge in [0.15, 0.2) is 0 Å². The lowest BCUT2D eigenvalue weighted by Crippen LogP contribution is -2.05. The Morgan fingerprint density at radius 1 is 1.11 bits per heavy atom. The lowest BCUT2D eigenvalue weighted by Gasteiger charge is -2.10. The summed E-state index contributed by atoms with van der Waals surface area (Å²) < 4.78 is 30.8. The minimum atomic E-state index is -1.24. The number of hydrogen-bond acceptors (Lipinski definition) is 4. The van der Waals surface area contributed by atoms with E-state index in [4.69, 9.17) is 4.74 Å². The number of aromatic nitrogens is 2. The van der Waals surface area contributed by atoms with Gasteiger partial charge >= 0.3 is 0 Å². The van der Waals surface area contributed by atoms with E-state index in [2.05, 4.69) is 10.2 Å². The van der Waals surface area contributed by atoms with Crippen molar-refractivity contribution in [3.63, 3.8) is 0 Å². The molecule has 0 bridgehead atoms. The number of aliphatic hydroxyl groups is 1. The molecule has 0 radical (unpaired) electrons. The summed E-state index contributed by atoms with van der Waals surface area (Å²) in [7, 11) is 1.43. The van der Waals surface area contributed by atoms with E-state index >= 15 is 0 Å². The van der Waals surface area contributed by atoms with Gasteiger partial charge in [-0.1, -0.05) is 0 Å². The number of methoxy groups -OCH3 is 1. The van der Waals surface area contributed by atoms with Crippen molar-refractivity contribution < 1.29 is 18.6 Å². The van der Waals surface area contributed by atoms with Gasteiger partial charge < -0.3 is 9.84 Å². The average Bonchev–Trinajstić information content (AvgIpc) is 2.37. The molecule has 0 amide bonds. The topological polar surface area (TPSA) is 55.2 Å². The molecule has 0 aliphatic heterocycles. The number of rotatable bonds is 3. The summed E-state index contributed by atoms with van der Waals surface area (Å²) in [5.74, 6) is -1.23. The van der Waals surface area contributed by atoms with Crippen molar-refractivity contribution in [2.45, 2.75) is 6.10 Å². The van der Waals surface area contributed by atoms with Gasteiger partial charge in [-0.05, 0) is 23.8 Å². The van der Waals surface area contributed by atoms with Crippen LogP contribution < -0.4 is 4.74 Å². The largest absolute Gasteiger partial charge is 0.480 e. The normalized spacial score (nSPS) is 12.2. The van der Waals surface area contributed by atoms with E-state index < -0.39 is 17.7 Å². The summed E-state index contributed by atoms with van der Waals surface area (Å²) in [5, 5.41) is 17.3. The number of halogens is 2. The van der Waals surface area contributed by atoms with Crippen LogP contribution in [0.2, 0.25) is 0 Å². The molecule has 1 aromatic carbocycles. The minimum absolute atomic E-state index is 0.0759. The highest BCUT2D eigenvalue weighted by molar-refractivity contribution is 5.27. The van der Waals surface area contributed by atoms with E-state index in [0.29, 0.717) is 0 Å². The lowest BCUT2D eigenvalue weighted by atomic mass is 10.1. The summed E-state index contributed by atoms with van der Waals surface area (Å²) in [6.07, 6.45) is -1.24. The summed E-state index contributed by atoms with van der Waals surface area (Å²) in [6.45, 7) is 0. The fourth-order valence-electron chi connectivity index (χ4n) is 1.49. The minimum Gasteiger partial charge on any atom is -0.480 e. The van der Waals surface area contributed by atoms with Gasteiger partial charge in [-0.2, -0.15) is 0 Å². The fourth-order valence-corrected chi connectivity index (χ4v) is 1.49. The zero-order chi connectivity index (χ0) is 13.1. The van der Waals surface area contributed by atoms with Crippen molar-refractivity contribution >= 4 is 0 Å². The van der Waals surface area contributed by atoms with Gasteiger partial charge in [-0.25, -0.2) is 8.78 Å². The van der Waals surface area contributed by atoms with Gasteiger partial charge in [0.05, 0.1) is 12.8 Å². The fraction of sp³-hybridized carbons (Fsp3) is 0.167. The van der Waals surface area contributed by atoms with Crippen LogP contribution in [0.4, 0.5) is 8.78 Å². The van der Waals surface area contributed by atoms with E-state index in [0.717, 1.165) is 18.2 Å². The van der Waals surface area contributed by atoms with E-state index in [9.17, 15) is 13.9 Å². The van der Waals surface area contributed by atoms with Crippen molar-refractivity contribution in [3.8, 4) is 5.88 Å². The molecule has 0 fully saturated rings. The van der Waals surface area contributed by atoms with Crippen molar-refractivity contribution in [3.05, 3.63) is 53.2 Å². The third kappa shape index (κ3) is 2.60. The Kier molecular flexibility index (Phi) is 3.47. The average molecular weight is 252 g/mol. The summed E-state index contributed by atoms with van der Waals surface area (Å²) in [4.78, 5) is 0. The van der Waals surface area contributed by atoms with E-state index in [1.54, 1.807) is 0 Å². The van der Waals surface area contributed by atoms with Crippen LogP contribution in [0.15, 0.2) is 30.3 Å². The molecule has 6 heteroatoms. The Bertz CT molecular complexity index is 526. The highest BCUT2D eigenvalue weighted by Gasteiger charge is 2.14. The maximum Gasteiger partial charge on any atom is 0.233 e. The van der Waals surface area contributed by atoms with Crippen LogP contribution in [-0.4, -0.2) is 22.4 Å². The van der Waals surface area contributed by atoms with Crippen LogP contribution in [0.3, 0.4) is 0 Å². The van der Waals surface area contributed by atoms with Gasteiger partial charge in [0.1, 0.15) is 17.7 Å². The first-order valence-corrected chi connectivity index (χ1v) is 5.12. The maximum atomic E-state index is 13.0. The zero-order valence-corrected chi connectivity index (χ0v) is 9.47. The SMILES string of the molecule is COc1ccc(C(O)c2cc(F)cc(F)c2)nn1. The third-order valence-corrected chi connectivity index (χ3v) is 2.35. The van der Waals surface area contributed by atoms with E-state index in [-0.39, 0.29) is 17.1 Å². The van der Waals surface area contributed by atoms with Gasteiger partial charge in [-0.15, -0.1) is 10.2 Å². The second-order valence-electron chi connectivity index (χ2n) is 3.61. The van der Waals surface area contributed by atoms with Gasteiger partial charge in [0.2, 0.25) is 5.88 Å². The molecule has 1 heterocycles. The second-order valence-corrected chi connectivity index (χ2v) is 3.61. The van der Waals surface area contributed by atoms with Crippen molar-refractivity contribution in [1.82, 2.24) is 10.2 Å². The monoisotopic (exact) mass is 252 g/mol. The highest BCUT2D eigenvalue weighted by atomic mass is 19.1. The molecule has 0 aliphatic rings. The number of hydrogen-bond donors (Lipinski definition) is 1. The molecule has 0 aliphatic carbocycles. The molecule has 0 spiro atoms. The first-order chi connectivity index (χ1) is 8.60. The van der Waals surface area contributed by atoms with E-state index in [1.165, 1.54) is 19.2 Å². The molecule has 94 valence electrons. The standard InChI is InChI=1S/C12H10F2N2O2/c1-18-11-3-2-10(15-16-11)12(17)7-4-8(13)6-9(14)5-7/h2-6,12,17H,1H3. The third-order valence-electron chi connectivity index (χ3n) is 2.35. The smallest absolute Gasteiger partial charge is 0.233 e. The lowest BCUT2D eigenvalue weighted by molar-refractivity contribution is 0.212. The molecule has 2 rings (SSSR count). The molecule has 1 N–H and O–H groups in total. The van der Waals surface area contributed by atoms with Crippen LogP contribution in [0.5, 0.6) is 5.88 Å². The molecule has 18 heavy (non-hydrogen) atoms. The molecule has 0 saturated carbocycles. The Labute approximate surface area is 102 Å². The number of benzene rings is 1. The maximum absolute atomic E-state index is 13.0. The number of ether oxygens (including phenoxy) is 1. The molecule has 4 nitrogen and oxygen atoms in total.